The third-order valence-electron chi connectivity index (χ3n) is 1.72. The highest BCUT2D eigenvalue weighted by Crippen LogP contribution is 2.06. The van der Waals surface area contributed by atoms with Gasteiger partial charge in [-0.2, -0.15) is 0 Å². The number of carbonyl (C=O) groups is 1. The van der Waals surface area contributed by atoms with Crippen molar-refractivity contribution < 1.29 is 34.7 Å². The molecule has 0 spiro atoms. The van der Waals surface area contributed by atoms with Crippen molar-refractivity contribution in [3.8, 4) is 0 Å². The summed E-state index contributed by atoms with van der Waals surface area (Å²) in [5.74, 6) is -1.30. The summed E-state index contributed by atoms with van der Waals surface area (Å²) >= 11 is 0. The lowest BCUT2D eigenvalue weighted by molar-refractivity contribution is -0.147. The van der Waals surface area contributed by atoms with Gasteiger partial charge < -0.3 is 25.5 Å². The minimum atomic E-state index is -2.11. The van der Waals surface area contributed by atoms with Gasteiger partial charge in [-0.15, -0.1) is 0 Å². The lowest BCUT2D eigenvalue weighted by atomic mass is 10.0. The fourth-order valence-corrected chi connectivity index (χ4v) is 0.792. The molecule has 84 valence electrons. The van der Waals surface area contributed by atoms with Gasteiger partial charge in [0.25, 0.3) is 0 Å². The van der Waals surface area contributed by atoms with Crippen LogP contribution in [0.3, 0.4) is 0 Å². The molecule has 0 aliphatic carbocycles. The second-order valence-electron chi connectivity index (χ2n) is 2.78. The standard InChI is InChI=1S/C7H13FO6/c8-1-3(10)5(12)7(14)6(13)4(11)2-9/h4-7,9,11-14H,1-2H2/t4-,5+,6-,7-/m1/s1. The zero-order valence-corrected chi connectivity index (χ0v) is 7.25. The van der Waals surface area contributed by atoms with Gasteiger partial charge in [-0.25, -0.2) is 4.39 Å². The van der Waals surface area contributed by atoms with Crippen LogP contribution in [0.2, 0.25) is 0 Å². The molecular weight excluding hydrogens is 199 g/mol. The molecule has 5 N–H and O–H groups in total. The molecule has 6 nitrogen and oxygen atoms in total. The zero-order chi connectivity index (χ0) is 11.3. The van der Waals surface area contributed by atoms with Crippen LogP contribution in [0.5, 0.6) is 0 Å². The third-order valence-corrected chi connectivity index (χ3v) is 1.72. The van der Waals surface area contributed by atoms with Crippen LogP contribution in [0.15, 0.2) is 0 Å². The Kier molecular flexibility index (Phi) is 5.73. The summed E-state index contributed by atoms with van der Waals surface area (Å²) in [5, 5.41) is 44.1. The van der Waals surface area contributed by atoms with Gasteiger partial charge in [0.1, 0.15) is 24.4 Å². The monoisotopic (exact) mass is 212 g/mol. The fraction of sp³-hybridized carbons (Fsp3) is 0.857. The lowest BCUT2D eigenvalue weighted by Crippen LogP contribution is -2.49. The minimum absolute atomic E-state index is 0.852. The summed E-state index contributed by atoms with van der Waals surface area (Å²) in [6, 6.07) is 0. The summed E-state index contributed by atoms with van der Waals surface area (Å²) in [6.45, 7) is -2.34. The summed E-state index contributed by atoms with van der Waals surface area (Å²) in [6.07, 6.45) is -7.76. The number of carbonyl (C=O) groups excluding carboxylic acids is 1. The van der Waals surface area contributed by atoms with Crippen LogP contribution in [0.4, 0.5) is 4.39 Å². The number of Topliss-reactive ketones (excluding diaryl/α,β-unsaturated/α-hetero) is 1. The van der Waals surface area contributed by atoms with Crippen molar-refractivity contribution in [3.63, 3.8) is 0 Å². The Hall–Kier alpha value is -0.600. The summed E-state index contributed by atoms with van der Waals surface area (Å²) in [4.78, 5) is 10.5. The summed E-state index contributed by atoms with van der Waals surface area (Å²) in [7, 11) is 0. The van der Waals surface area contributed by atoms with Crippen LogP contribution in [0.1, 0.15) is 0 Å². The molecule has 0 saturated heterocycles. The zero-order valence-electron chi connectivity index (χ0n) is 7.25. The molecule has 0 aromatic carbocycles. The van der Waals surface area contributed by atoms with Crippen LogP contribution >= 0.6 is 0 Å². The van der Waals surface area contributed by atoms with Crippen molar-refractivity contribution in [2.75, 3.05) is 13.3 Å². The normalized spacial score (nSPS) is 19.9. The molecule has 7 heteroatoms. The first-order valence-electron chi connectivity index (χ1n) is 3.87. The van der Waals surface area contributed by atoms with E-state index in [0.717, 1.165) is 0 Å². The predicted octanol–water partition coefficient (Wildman–Crippen LogP) is -3.04. The van der Waals surface area contributed by atoms with E-state index in [1.807, 2.05) is 0 Å². The molecular formula is C7H13FO6. The molecule has 14 heavy (non-hydrogen) atoms. The Bertz CT molecular complexity index is 187. The van der Waals surface area contributed by atoms with E-state index in [4.69, 9.17) is 25.5 Å². The van der Waals surface area contributed by atoms with Gasteiger partial charge in [0.15, 0.2) is 12.5 Å². The van der Waals surface area contributed by atoms with E-state index in [0.29, 0.717) is 0 Å². The van der Waals surface area contributed by atoms with Crippen molar-refractivity contribution in [1.82, 2.24) is 0 Å². The molecule has 0 fully saturated rings. The van der Waals surface area contributed by atoms with Crippen LogP contribution in [-0.4, -0.2) is 69.0 Å². The van der Waals surface area contributed by atoms with Gasteiger partial charge >= 0.3 is 0 Å². The molecule has 0 aromatic rings. The summed E-state index contributed by atoms with van der Waals surface area (Å²) < 4.78 is 11.7. The van der Waals surface area contributed by atoms with Gasteiger partial charge in [0.2, 0.25) is 0 Å². The number of aliphatic hydroxyl groups is 5. The fourth-order valence-electron chi connectivity index (χ4n) is 0.792. The van der Waals surface area contributed by atoms with E-state index < -0.39 is 43.5 Å². The van der Waals surface area contributed by atoms with Crippen LogP contribution in [0.25, 0.3) is 0 Å². The van der Waals surface area contributed by atoms with Crippen molar-refractivity contribution in [2.45, 2.75) is 24.4 Å². The number of ketones is 1. The van der Waals surface area contributed by atoms with E-state index in [2.05, 4.69) is 0 Å². The Balaban J connectivity index is 4.30. The van der Waals surface area contributed by atoms with E-state index in [1.54, 1.807) is 0 Å². The molecule has 0 aliphatic rings. The highest BCUT2D eigenvalue weighted by atomic mass is 19.1. The topological polar surface area (TPSA) is 118 Å². The van der Waals surface area contributed by atoms with E-state index in [-0.39, 0.29) is 0 Å². The van der Waals surface area contributed by atoms with E-state index in [9.17, 15) is 9.18 Å². The molecule has 4 atom stereocenters. The Morgan fingerprint density at radius 1 is 1.14 bits per heavy atom. The smallest absolute Gasteiger partial charge is 0.194 e. The van der Waals surface area contributed by atoms with E-state index in [1.165, 1.54) is 0 Å². The minimum Gasteiger partial charge on any atom is -0.394 e. The number of hydrogen-bond donors (Lipinski definition) is 5. The molecule has 0 heterocycles. The Labute approximate surface area is 79.2 Å². The number of hydrogen-bond acceptors (Lipinski definition) is 6. The van der Waals surface area contributed by atoms with Crippen LogP contribution in [0, 0.1) is 0 Å². The van der Waals surface area contributed by atoms with Gasteiger partial charge in [-0.3, -0.25) is 4.79 Å². The first kappa shape index (κ1) is 13.4. The van der Waals surface area contributed by atoms with Crippen molar-refractivity contribution in [3.05, 3.63) is 0 Å². The predicted molar refractivity (Wildman–Crippen MR) is 42.1 cm³/mol. The first-order valence-corrected chi connectivity index (χ1v) is 3.87. The highest BCUT2D eigenvalue weighted by Gasteiger charge is 2.33. The number of rotatable bonds is 6. The highest BCUT2D eigenvalue weighted by molar-refractivity contribution is 5.84. The van der Waals surface area contributed by atoms with Crippen LogP contribution in [-0.2, 0) is 4.79 Å². The summed E-state index contributed by atoms with van der Waals surface area (Å²) in [5.41, 5.74) is 0. The maximum Gasteiger partial charge on any atom is 0.194 e. The third kappa shape index (κ3) is 3.28. The molecule has 0 unspecified atom stereocenters. The van der Waals surface area contributed by atoms with Gasteiger partial charge in [0, 0.05) is 0 Å². The number of alkyl halides is 1. The van der Waals surface area contributed by atoms with Crippen molar-refractivity contribution in [2.24, 2.45) is 0 Å². The molecule has 0 aromatic heterocycles. The lowest BCUT2D eigenvalue weighted by Gasteiger charge is -2.24. The molecule has 0 saturated carbocycles. The Morgan fingerprint density at radius 2 is 1.64 bits per heavy atom. The average Bonchev–Trinajstić information content (AvgIpc) is 2.23. The van der Waals surface area contributed by atoms with Crippen LogP contribution < -0.4 is 0 Å². The molecule has 0 rings (SSSR count). The maximum atomic E-state index is 11.7. The quantitative estimate of drug-likeness (QED) is 0.319. The van der Waals surface area contributed by atoms with Gasteiger partial charge in [0.05, 0.1) is 6.61 Å². The second-order valence-corrected chi connectivity index (χ2v) is 2.78. The second kappa shape index (κ2) is 5.99. The molecule has 0 aliphatic heterocycles. The SMILES string of the molecule is O=C(CF)[C@H](O)[C@@H](O)[C@H](O)[C@H](O)CO. The maximum absolute atomic E-state index is 11.7. The van der Waals surface area contributed by atoms with Crippen molar-refractivity contribution >= 4 is 5.78 Å². The van der Waals surface area contributed by atoms with Crippen molar-refractivity contribution in [1.29, 1.82) is 0 Å². The molecule has 0 amide bonds. The molecule has 0 bridgehead atoms. The number of aliphatic hydroxyl groups excluding tert-OH is 5. The number of halogens is 1. The van der Waals surface area contributed by atoms with E-state index >= 15 is 0 Å². The Morgan fingerprint density at radius 3 is 2.00 bits per heavy atom. The van der Waals surface area contributed by atoms with Gasteiger partial charge in [-0.05, 0) is 0 Å². The largest absolute Gasteiger partial charge is 0.394 e. The first-order chi connectivity index (χ1) is 6.45. The average molecular weight is 212 g/mol. The van der Waals surface area contributed by atoms with Gasteiger partial charge in [-0.1, -0.05) is 0 Å². The molecule has 0 radical (unpaired) electrons.